The van der Waals surface area contributed by atoms with E-state index in [1.54, 1.807) is 6.92 Å². The lowest BCUT2D eigenvalue weighted by atomic mass is 9.99. The molecule has 0 aliphatic carbocycles. The number of carboxylic acids is 1. The average molecular weight is 288 g/mol. The number of amides is 1. The number of hydrogen-bond acceptors (Lipinski definition) is 4. The molecule has 2 rings (SSSR count). The van der Waals surface area contributed by atoms with Gasteiger partial charge in [0.2, 0.25) is 0 Å². The molecule has 0 fully saturated rings. The van der Waals surface area contributed by atoms with Gasteiger partial charge >= 0.3 is 5.97 Å². The van der Waals surface area contributed by atoms with E-state index < -0.39 is 17.8 Å². The maximum Gasteiger partial charge on any atom is 0.308 e. The van der Waals surface area contributed by atoms with Crippen LogP contribution in [0.4, 0.5) is 0 Å². The molecule has 0 saturated heterocycles. The van der Waals surface area contributed by atoms with Crippen LogP contribution in [0.2, 0.25) is 0 Å². The summed E-state index contributed by atoms with van der Waals surface area (Å²) in [5.41, 5.74) is 1.06. The summed E-state index contributed by atoms with van der Waals surface area (Å²) in [5.74, 6) is -1.55. The van der Waals surface area contributed by atoms with Gasteiger partial charge in [0.25, 0.3) is 5.91 Å². The summed E-state index contributed by atoms with van der Waals surface area (Å²) in [6, 6.07) is 10.8. The highest BCUT2D eigenvalue weighted by atomic mass is 16.5. The Morgan fingerprint density at radius 1 is 1.33 bits per heavy atom. The number of rotatable bonds is 6. The molecule has 0 saturated carbocycles. The number of aromatic nitrogens is 1. The molecule has 1 unspecified atom stereocenters. The van der Waals surface area contributed by atoms with Crippen LogP contribution in [0.5, 0.6) is 0 Å². The van der Waals surface area contributed by atoms with Crippen LogP contribution in [0.3, 0.4) is 0 Å². The smallest absolute Gasteiger partial charge is 0.308 e. The molecule has 0 bridgehead atoms. The quantitative estimate of drug-likeness (QED) is 0.843. The van der Waals surface area contributed by atoms with E-state index >= 15 is 0 Å². The van der Waals surface area contributed by atoms with Gasteiger partial charge in [-0.05, 0) is 18.9 Å². The molecule has 1 aromatic heterocycles. The van der Waals surface area contributed by atoms with E-state index in [2.05, 4.69) is 10.5 Å². The molecule has 0 spiro atoms. The number of benzene rings is 1. The van der Waals surface area contributed by atoms with Crippen molar-refractivity contribution in [1.29, 1.82) is 0 Å². The fraction of sp³-hybridized carbons (Fsp3) is 0.267. The predicted molar refractivity (Wildman–Crippen MR) is 74.8 cm³/mol. The van der Waals surface area contributed by atoms with E-state index in [0.29, 0.717) is 12.2 Å². The van der Waals surface area contributed by atoms with Gasteiger partial charge in [-0.25, -0.2) is 0 Å². The Labute approximate surface area is 121 Å². The SMILES string of the molecule is Cc1cc(C(=O)NCC(Cc2ccccc2)C(=O)O)no1. The minimum atomic E-state index is -0.949. The van der Waals surface area contributed by atoms with Crippen molar-refractivity contribution < 1.29 is 19.2 Å². The van der Waals surface area contributed by atoms with E-state index in [1.165, 1.54) is 6.07 Å². The van der Waals surface area contributed by atoms with E-state index in [1.807, 2.05) is 30.3 Å². The molecule has 110 valence electrons. The maximum atomic E-state index is 11.8. The van der Waals surface area contributed by atoms with Gasteiger partial charge in [-0.2, -0.15) is 0 Å². The van der Waals surface area contributed by atoms with E-state index in [0.717, 1.165) is 5.56 Å². The molecule has 2 aromatic rings. The third-order valence-electron chi connectivity index (χ3n) is 3.04. The number of carbonyl (C=O) groups is 2. The van der Waals surface area contributed by atoms with Gasteiger partial charge in [-0.3, -0.25) is 9.59 Å². The molecule has 6 nitrogen and oxygen atoms in total. The Morgan fingerprint density at radius 2 is 2.05 bits per heavy atom. The third kappa shape index (κ3) is 4.17. The van der Waals surface area contributed by atoms with Crippen LogP contribution >= 0.6 is 0 Å². The van der Waals surface area contributed by atoms with Crippen LogP contribution in [0.1, 0.15) is 21.8 Å². The van der Waals surface area contributed by atoms with Crippen molar-refractivity contribution in [2.75, 3.05) is 6.54 Å². The number of carboxylic acid groups (broad SMARTS) is 1. The van der Waals surface area contributed by atoms with Crippen molar-refractivity contribution in [1.82, 2.24) is 10.5 Å². The number of nitrogens with zero attached hydrogens (tertiary/aromatic N) is 1. The second-order valence-electron chi connectivity index (χ2n) is 4.76. The summed E-state index contributed by atoms with van der Waals surface area (Å²) in [4.78, 5) is 23.1. The van der Waals surface area contributed by atoms with Gasteiger partial charge in [-0.1, -0.05) is 35.5 Å². The number of aliphatic carboxylic acids is 1. The standard InChI is InChI=1S/C15H16N2O4/c1-10-7-13(17-21-10)14(18)16-9-12(15(19)20)8-11-5-3-2-4-6-11/h2-7,12H,8-9H2,1H3,(H,16,18)(H,19,20). The Morgan fingerprint density at radius 3 is 2.62 bits per heavy atom. The second kappa shape index (κ2) is 6.69. The maximum absolute atomic E-state index is 11.8. The van der Waals surface area contributed by atoms with Crippen LogP contribution < -0.4 is 5.32 Å². The monoisotopic (exact) mass is 288 g/mol. The Hall–Kier alpha value is -2.63. The minimum absolute atomic E-state index is 0.0367. The lowest BCUT2D eigenvalue weighted by molar-refractivity contribution is -0.141. The Bertz CT molecular complexity index is 622. The van der Waals surface area contributed by atoms with Crippen LogP contribution in [0, 0.1) is 12.8 Å². The van der Waals surface area contributed by atoms with Crippen molar-refractivity contribution in [3.63, 3.8) is 0 Å². The predicted octanol–water partition coefficient (Wildman–Crippen LogP) is 1.66. The normalized spacial score (nSPS) is 11.9. The highest BCUT2D eigenvalue weighted by Gasteiger charge is 2.20. The first kappa shape index (κ1) is 14.8. The second-order valence-corrected chi connectivity index (χ2v) is 4.76. The molecule has 0 aliphatic rings. The number of carbonyl (C=O) groups excluding carboxylic acids is 1. The number of aryl methyl sites for hydroxylation is 1. The first-order valence-corrected chi connectivity index (χ1v) is 6.54. The van der Waals surface area contributed by atoms with Crippen LogP contribution in [-0.2, 0) is 11.2 Å². The van der Waals surface area contributed by atoms with Gasteiger partial charge in [-0.15, -0.1) is 0 Å². The fourth-order valence-corrected chi connectivity index (χ4v) is 1.93. The van der Waals surface area contributed by atoms with Gasteiger partial charge in [0.05, 0.1) is 5.92 Å². The van der Waals surface area contributed by atoms with Crippen LogP contribution in [-0.4, -0.2) is 28.7 Å². The van der Waals surface area contributed by atoms with Crippen molar-refractivity contribution in [3.8, 4) is 0 Å². The Kier molecular flexibility index (Phi) is 4.71. The molecule has 0 radical (unpaired) electrons. The number of nitrogens with one attached hydrogen (secondary N) is 1. The first-order chi connectivity index (χ1) is 10.1. The van der Waals surface area contributed by atoms with Gasteiger partial charge < -0.3 is 14.9 Å². The molecule has 6 heteroatoms. The lowest BCUT2D eigenvalue weighted by Gasteiger charge is -2.12. The Balaban J connectivity index is 1.94. The zero-order valence-corrected chi connectivity index (χ0v) is 11.6. The van der Waals surface area contributed by atoms with Crippen molar-refractivity contribution in [2.24, 2.45) is 5.92 Å². The summed E-state index contributed by atoms with van der Waals surface area (Å²) in [6.45, 7) is 1.72. The number of hydrogen-bond donors (Lipinski definition) is 2. The van der Waals surface area contributed by atoms with Gasteiger partial charge in [0, 0.05) is 12.6 Å². The highest BCUT2D eigenvalue weighted by molar-refractivity contribution is 5.92. The zero-order chi connectivity index (χ0) is 15.2. The fourth-order valence-electron chi connectivity index (χ4n) is 1.93. The van der Waals surface area contributed by atoms with Crippen LogP contribution in [0.25, 0.3) is 0 Å². The topological polar surface area (TPSA) is 92.4 Å². The van der Waals surface area contributed by atoms with Gasteiger partial charge in [0.15, 0.2) is 5.69 Å². The zero-order valence-electron chi connectivity index (χ0n) is 11.6. The summed E-state index contributed by atoms with van der Waals surface area (Å²) < 4.78 is 4.81. The molecule has 2 N–H and O–H groups in total. The average Bonchev–Trinajstić information content (AvgIpc) is 2.90. The van der Waals surface area contributed by atoms with E-state index in [-0.39, 0.29) is 12.2 Å². The summed E-state index contributed by atoms with van der Waals surface area (Å²) in [5, 5.41) is 15.4. The molecule has 1 aromatic carbocycles. The highest BCUT2D eigenvalue weighted by Crippen LogP contribution is 2.09. The van der Waals surface area contributed by atoms with Crippen LogP contribution in [0.15, 0.2) is 40.9 Å². The van der Waals surface area contributed by atoms with E-state index in [4.69, 9.17) is 4.52 Å². The van der Waals surface area contributed by atoms with Gasteiger partial charge in [0.1, 0.15) is 5.76 Å². The summed E-state index contributed by atoms with van der Waals surface area (Å²) in [7, 11) is 0. The molecule has 0 aliphatic heterocycles. The molecule has 1 heterocycles. The molecule has 1 atom stereocenters. The minimum Gasteiger partial charge on any atom is -0.481 e. The van der Waals surface area contributed by atoms with E-state index in [9.17, 15) is 14.7 Å². The molecular weight excluding hydrogens is 272 g/mol. The van der Waals surface area contributed by atoms with Crippen molar-refractivity contribution in [3.05, 3.63) is 53.4 Å². The third-order valence-corrected chi connectivity index (χ3v) is 3.04. The molecule has 21 heavy (non-hydrogen) atoms. The van der Waals surface area contributed by atoms with Crippen molar-refractivity contribution in [2.45, 2.75) is 13.3 Å². The summed E-state index contributed by atoms with van der Waals surface area (Å²) >= 11 is 0. The van der Waals surface area contributed by atoms with Crippen molar-refractivity contribution >= 4 is 11.9 Å². The largest absolute Gasteiger partial charge is 0.481 e. The first-order valence-electron chi connectivity index (χ1n) is 6.54. The molecule has 1 amide bonds. The molecular formula is C15H16N2O4. The lowest BCUT2D eigenvalue weighted by Crippen LogP contribution is -2.34. The summed E-state index contributed by atoms with van der Waals surface area (Å²) in [6.07, 6.45) is 0.355.